The second-order valence-corrected chi connectivity index (χ2v) is 8.15. The van der Waals surface area contributed by atoms with Gasteiger partial charge in [0, 0.05) is 12.3 Å². The fourth-order valence-corrected chi connectivity index (χ4v) is 4.33. The number of hydrogen-bond donors (Lipinski definition) is 2. The Bertz CT molecular complexity index is 1190. The topological polar surface area (TPSA) is 137 Å². The summed E-state index contributed by atoms with van der Waals surface area (Å²) in [5, 5.41) is 22.8. The van der Waals surface area contributed by atoms with Gasteiger partial charge in [-0.1, -0.05) is 53.5 Å². The summed E-state index contributed by atoms with van der Waals surface area (Å²) in [6.07, 6.45) is 1.58. The third-order valence-electron chi connectivity index (χ3n) is 5.92. The van der Waals surface area contributed by atoms with Crippen LogP contribution in [0.2, 0.25) is 0 Å². The predicted molar refractivity (Wildman–Crippen MR) is 122 cm³/mol. The number of rotatable bonds is 9. The fourth-order valence-electron chi connectivity index (χ4n) is 4.33. The molecule has 1 heterocycles. The maximum atomic E-state index is 12.4. The highest BCUT2D eigenvalue weighted by Gasteiger charge is 2.29. The highest BCUT2D eigenvalue weighted by Crippen LogP contribution is 2.44. The molecule has 34 heavy (non-hydrogen) atoms. The summed E-state index contributed by atoms with van der Waals surface area (Å²) in [6, 6.07) is 14.7. The standard InChI is InChI=1S/C24H24N4O6/c1-27-13-15(25-23(27)28(32)33)7-6-12-21(22(29)30)26-24(31)34-14-20-18-10-4-2-8-16(18)17-9-3-5-11-19(17)20/h2-5,8-11,13,20-21H,6-7,12,14H2,1H3,(H,26,31)(H,29,30)/t21-/m0/s1. The summed E-state index contributed by atoms with van der Waals surface area (Å²) in [5.74, 6) is -1.58. The van der Waals surface area contributed by atoms with Gasteiger partial charge in [0.05, 0.1) is 7.05 Å². The van der Waals surface area contributed by atoms with Crippen LogP contribution in [0.15, 0.2) is 54.7 Å². The number of benzene rings is 2. The number of fused-ring (bicyclic) bond motifs is 3. The summed E-state index contributed by atoms with van der Waals surface area (Å²) >= 11 is 0. The van der Waals surface area contributed by atoms with Crippen molar-refractivity contribution >= 4 is 18.0 Å². The van der Waals surface area contributed by atoms with Crippen molar-refractivity contribution < 1.29 is 24.4 Å². The number of aromatic nitrogens is 2. The third-order valence-corrected chi connectivity index (χ3v) is 5.92. The normalized spacial score (nSPS) is 13.1. The van der Waals surface area contributed by atoms with Gasteiger partial charge in [-0.15, -0.1) is 0 Å². The van der Waals surface area contributed by atoms with Crippen molar-refractivity contribution in [1.29, 1.82) is 0 Å². The van der Waals surface area contributed by atoms with Gasteiger partial charge in [-0.2, -0.15) is 0 Å². The lowest BCUT2D eigenvalue weighted by molar-refractivity contribution is -0.396. The van der Waals surface area contributed by atoms with Gasteiger partial charge in [0.2, 0.25) is 0 Å². The maximum Gasteiger partial charge on any atom is 0.434 e. The lowest BCUT2D eigenvalue weighted by Crippen LogP contribution is -2.41. The van der Waals surface area contributed by atoms with E-state index in [4.69, 9.17) is 4.74 Å². The van der Waals surface area contributed by atoms with Gasteiger partial charge in [0.1, 0.15) is 18.8 Å². The molecule has 1 amide bonds. The Hall–Kier alpha value is -4.21. The zero-order valence-electron chi connectivity index (χ0n) is 18.5. The lowest BCUT2D eigenvalue weighted by atomic mass is 9.98. The van der Waals surface area contributed by atoms with Gasteiger partial charge in [-0.25, -0.2) is 14.2 Å². The second kappa shape index (κ2) is 9.74. The molecule has 1 aromatic heterocycles. The van der Waals surface area contributed by atoms with Crippen molar-refractivity contribution in [2.24, 2.45) is 7.05 Å². The number of hydrogen-bond acceptors (Lipinski definition) is 6. The number of carbonyl (C=O) groups excluding carboxylic acids is 1. The Morgan fingerprint density at radius 3 is 2.35 bits per heavy atom. The first-order valence-electron chi connectivity index (χ1n) is 10.9. The smallest absolute Gasteiger partial charge is 0.434 e. The molecule has 0 fully saturated rings. The quantitative estimate of drug-likeness (QED) is 0.364. The van der Waals surface area contributed by atoms with Crippen molar-refractivity contribution in [3.8, 4) is 11.1 Å². The molecule has 0 saturated carbocycles. The molecule has 2 N–H and O–H groups in total. The Kier molecular flexibility index (Phi) is 6.58. The van der Waals surface area contributed by atoms with Crippen molar-refractivity contribution in [1.82, 2.24) is 14.9 Å². The fraction of sp³-hybridized carbons (Fsp3) is 0.292. The molecule has 1 atom stereocenters. The summed E-state index contributed by atoms with van der Waals surface area (Å²) in [5.41, 5.74) is 4.82. The van der Waals surface area contributed by atoms with Crippen molar-refractivity contribution in [2.75, 3.05) is 6.61 Å². The van der Waals surface area contributed by atoms with Gasteiger partial charge in [-0.05, 0) is 40.0 Å². The van der Waals surface area contributed by atoms with Crippen molar-refractivity contribution in [2.45, 2.75) is 31.2 Å². The summed E-state index contributed by atoms with van der Waals surface area (Å²) < 4.78 is 6.73. The molecule has 176 valence electrons. The van der Waals surface area contributed by atoms with E-state index in [2.05, 4.69) is 10.3 Å². The third kappa shape index (κ3) is 4.75. The van der Waals surface area contributed by atoms with E-state index in [1.54, 1.807) is 0 Å². The first-order chi connectivity index (χ1) is 16.3. The molecule has 3 aromatic rings. The average molecular weight is 464 g/mol. The number of amides is 1. The molecule has 10 heteroatoms. The Morgan fingerprint density at radius 2 is 1.79 bits per heavy atom. The van der Waals surface area contributed by atoms with Crippen LogP contribution in [0.5, 0.6) is 0 Å². The number of aryl methyl sites for hydroxylation is 2. The number of imidazole rings is 1. The monoisotopic (exact) mass is 464 g/mol. The average Bonchev–Trinajstić information content (AvgIpc) is 3.34. The van der Waals surface area contributed by atoms with Crippen LogP contribution in [-0.2, 0) is 23.0 Å². The summed E-state index contributed by atoms with van der Waals surface area (Å²) in [7, 11) is 1.52. The predicted octanol–water partition coefficient (Wildman–Crippen LogP) is 3.64. The zero-order valence-corrected chi connectivity index (χ0v) is 18.5. The highest BCUT2D eigenvalue weighted by atomic mass is 16.6. The van der Waals surface area contributed by atoms with E-state index in [0.717, 1.165) is 22.3 Å². The molecule has 10 nitrogen and oxygen atoms in total. The number of carboxylic acid groups (broad SMARTS) is 1. The SMILES string of the molecule is Cn1cc(CCC[C@H](NC(=O)OCC2c3ccccc3-c3ccccc32)C(=O)O)nc1[N+](=O)[O-]. The van der Waals surface area contributed by atoms with Crippen LogP contribution >= 0.6 is 0 Å². The van der Waals surface area contributed by atoms with Gasteiger partial charge in [0.15, 0.2) is 5.69 Å². The van der Waals surface area contributed by atoms with Gasteiger partial charge < -0.3 is 25.3 Å². The molecular weight excluding hydrogens is 440 g/mol. The molecule has 2 aromatic carbocycles. The second-order valence-electron chi connectivity index (χ2n) is 8.15. The number of nitrogens with one attached hydrogen (secondary N) is 1. The Balaban J connectivity index is 1.33. The molecule has 0 radical (unpaired) electrons. The maximum absolute atomic E-state index is 12.4. The molecule has 4 rings (SSSR count). The Labute approximate surface area is 195 Å². The van der Waals surface area contributed by atoms with Gasteiger partial charge >= 0.3 is 18.0 Å². The van der Waals surface area contributed by atoms with Gasteiger partial charge in [0.25, 0.3) is 0 Å². The van der Waals surface area contributed by atoms with E-state index in [-0.39, 0.29) is 24.9 Å². The molecule has 0 bridgehead atoms. The summed E-state index contributed by atoms with van der Waals surface area (Å²) in [6.45, 7) is 0.0871. The van der Waals surface area contributed by atoms with Crippen LogP contribution in [0.1, 0.15) is 35.6 Å². The molecule has 0 spiro atoms. The molecule has 1 aliphatic rings. The number of alkyl carbamates (subject to hydrolysis) is 1. The van der Waals surface area contributed by atoms with E-state index in [9.17, 15) is 24.8 Å². The minimum atomic E-state index is -1.18. The molecule has 0 aliphatic heterocycles. The number of carbonyl (C=O) groups is 2. The number of nitrogens with zero attached hydrogens (tertiary/aromatic N) is 3. The molecular formula is C24H24N4O6. The van der Waals surface area contributed by atoms with Crippen LogP contribution < -0.4 is 5.32 Å². The number of aliphatic carboxylic acids is 1. The minimum absolute atomic E-state index is 0.0871. The zero-order chi connectivity index (χ0) is 24.2. The molecule has 0 unspecified atom stereocenters. The minimum Gasteiger partial charge on any atom is -0.480 e. The largest absolute Gasteiger partial charge is 0.480 e. The van der Waals surface area contributed by atoms with Crippen molar-refractivity contribution in [3.63, 3.8) is 0 Å². The van der Waals surface area contributed by atoms with Gasteiger partial charge in [-0.3, -0.25) is 0 Å². The Morgan fingerprint density at radius 1 is 1.18 bits per heavy atom. The van der Waals surface area contributed by atoms with E-state index >= 15 is 0 Å². The van der Waals surface area contributed by atoms with Crippen LogP contribution in [0, 0.1) is 10.1 Å². The van der Waals surface area contributed by atoms with Crippen molar-refractivity contribution in [3.05, 3.63) is 81.7 Å². The first-order valence-corrected chi connectivity index (χ1v) is 10.9. The highest BCUT2D eigenvalue weighted by molar-refractivity contribution is 5.81. The van der Waals surface area contributed by atoms with Crippen LogP contribution in [0.3, 0.4) is 0 Å². The first kappa shape index (κ1) is 23.0. The van der Waals surface area contributed by atoms with Crippen LogP contribution in [0.25, 0.3) is 11.1 Å². The molecule has 1 aliphatic carbocycles. The van der Waals surface area contributed by atoms with E-state index in [0.29, 0.717) is 18.5 Å². The molecule has 0 saturated heterocycles. The number of ether oxygens (including phenoxy) is 1. The van der Waals surface area contributed by atoms with E-state index in [1.165, 1.54) is 17.8 Å². The van der Waals surface area contributed by atoms with Crippen LogP contribution in [-0.4, -0.2) is 44.3 Å². The lowest BCUT2D eigenvalue weighted by Gasteiger charge is -2.17. The summed E-state index contributed by atoms with van der Waals surface area (Å²) in [4.78, 5) is 38.3. The number of nitro groups is 1. The number of carboxylic acids is 1. The van der Waals surface area contributed by atoms with E-state index < -0.39 is 23.0 Å². The van der Waals surface area contributed by atoms with Crippen LogP contribution in [0.4, 0.5) is 10.7 Å². The van der Waals surface area contributed by atoms with E-state index in [1.807, 2.05) is 48.5 Å².